The molecule has 3 saturated heterocycles. The van der Waals surface area contributed by atoms with Gasteiger partial charge < -0.3 is 19.6 Å². The Bertz CT molecular complexity index is 1920. The van der Waals surface area contributed by atoms with Gasteiger partial charge in [0.05, 0.1) is 29.5 Å². The zero-order valence-corrected chi connectivity index (χ0v) is 25.9. The number of aryl methyl sites for hydroxylation is 1. The number of anilines is 1. The van der Waals surface area contributed by atoms with E-state index in [1.54, 1.807) is 23.1 Å². The minimum Gasteiger partial charge on any atom is -0.465 e. The molecule has 1 amide bonds. The van der Waals surface area contributed by atoms with Crippen LogP contribution in [0.3, 0.4) is 0 Å². The standard InChI is InChI=1S/C34H34F3N7O3/c1-2-23-26(36)8-7-20-5-3-6-24(27(20)23)29-28(37)30-25(16-39-29)31(42-13-14-44(33(45)46)22(18-42)9-11-38)41-32(40-30)47-19-34-10-4-12-43(34)17-21(35)15-34/h3,5-8,16,21-22H,2,4,9-10,12-15,17-19H2,1H3,(H,45,46)/t21-,22+,34+/m1/s1. The molecule has 0 radical (unpaired) electrons. The maximum absolute atomic E-state index is 16.8. The molecule has 0 bridgehead atoms. The largest absolute Gasteiger partial charge is 0.465 e. The zero-order valence-electron chi connectivity index (χ0n) is 25.9. The second-order valence-corrected chi connectivity index (χ2v) is 12.6. The topological polar surface area (TPSA) is 119 Å². The lowest BCUT2D eigenvalue weighted by molar-refractivity contribution is 0.107. The van der Waals surface area contributed by atoms with Crippen molar-refractivity contribution in [1.29, 1.82) is 5.26 Å². The van der Waals surface area contributed by atoms with E-state index >= 15 is 4.39 Å². The molecule has 3 atom stereocenters. The van der Waals surface area contributed by atoms with E-state index in [0.29, 0.717) is 41.7 Å². The molecular weight excluding hydrogens is 611 g/mol. The number of amides is 1. The molecule has 13 heteroatoms. The van der Waals surface area contributed by atoms with Gasteiger partial charge in [0.25, 0.3) is 0 Å². The molecule has 0 saturated carbocycles. The predicted octanol–water partition coefficient (Wildman–Crippen LogP) is 5.72. The van der Waals surface area contributed by atoms with Gasteiger partial charge in [-0.2, -0.15) is 15.2 Å². The molecule has 3 aliphatic rings. The van der Waals surface area contributed by atoms with E-state index in [1.165, 1.54) is 17.2 Å². The second kappa shape index (κ2) is 12.2. The van der Waals surface area contributed by atoms with Gasteiger partial charge >= 0.3 is 12.1 Å². The number of ether oxygens (including phenoxy) is 1. The molecule has 10 nitrogen and oxygen atoms in total. The lowest BCUT2D eigenvalue weighted by Crippen LogP contribution is -2.55. The lowest BCUT2D eigenvalue weighted by atomic mass is 9.95. The van der Waals surface area contributed by atoms with Crippen LogP contribution in [0.15, 0.2) is 36.5 Å². The first-order chi connectivity index (χ1) is 22.7. The van der Waals surface area contributed by atoms with Crippen LogP contribution in [0, 0.1) is 23.0 Å². The Morgan fingerprint density at radius 3 is 2.81 bits per heavy atom. The first-order valence-corrected chi connectivity index (χ1v) is 15.9. The number of fused-ring (bicyclic) bond motifs is 3. The van der Waals surface area contributed by atoms with Gasteiger partial charge in [0.15, 0.2) is 5.82 Å². The van der Waals surface area contributed by atoms with E-state index in [4.69, 9.17) is 4.74 Å². The quantitative estimate of drug-likeness (QED) is 0.269. The summed E-state index contributed by atoms with van der Waals surface area (Å²) in [7, 11) is 0. The summed E-state index contributed by atoms with van der Waals surface area (Å²) in [6, 6.07) is 9.70. The third-order valence-electron chi connectivity index (χ3n) is 9.93. The van der Waals surface area contributed by atoms with Crippen LogP contribution in [0.25, 0.3) is 32.9 Å². The first-order valence-electron chi connectivity index (χ1n) is 15.9. The number of carboxylic acid groups (broad SMARTS) is 1. The summed E-state index contributed by atoms with van der Waals surface area (Å²) < 4.78 is 52.4. The van der Waals surface area contributed by atoms with E-state index < -0.39 is 29.7 Å². The fourth-order valence-corrected chi connectivity index (χ4v) is 7.71. The van der Waals surface area contributed by atoms with Crippen LogP contribution in [0.2, 0.25) is 0 Å². The number of hydrogen-bond donors (Lipinski definition) is 1. The number of benzene rings is 2. The third-order valence-corrected chi connectivity index (χ3v) is 9.93. The molecule has 0 spiro atoms. The van der Waals surface area contributed by atoms with Gasteiger partial charge in [-0.1, -0.05) is 31.2 Å². The Balaban J connectivity index is 1.35. The molecule has 3 aliphatic heterocycles. The average molecular weight is 646 g/mol. The van der Waals surface area contributed by atoms with Crippen molar-refractivity contribution in [2.24, 2.45) is 0 Å². The highest BCUT2D eigenvalue weighted by Gasteiger charge is 2.49. The van der Waals surface area contributed by atoms with Crippen molar-refractivity contribution in [3.63, 3.8) is 0 Å². The number of pyridine rings is 1. The van der Waals surface area contributed by atoms with Crippen molar-refractivity contribution < 1.29 is 27.8 Å². The minimum absolute atomic E-state index is 0.00585. The molecule has 4 aromatic rings. The minimum atomic E-state index is -1.13. The first kappa shape index (κ1) is 30.9. The molecular formula is C34H34F3N7O3. The molecule has 0 aliphatic carbocycles. The van der Waals surface area contributed by atoms with E-state index in [2.05, 4.69) is 25.9 Å². The molecule has 3 fully saturated rings. The molecule has 2 aromatic carbocycles. The van der Waals surface area contributed by atoms with Gasteiger partial charge in [0, 0.05) is 44.4 Å². The summed E-state index contributed by atoms with van der Waals surface area (Å²) in [5.74, 6) is -0.827. The summed E-state index contributed by atoms with van der Waals surface area (Å²) in [6.45, 7) is 3.56. The summed E-state index contributed by atoms with van der Waals surface area (Å²) in [6.07, 6.45) is 1.77. The van der Waals surface area contributed by atoms with Gasteiger partial charge in [-0.05, 0) is 48.2 Å². The molecule has 47 heavy (non-hydrogen) atoms. The Labute approximate surface area is 269 Å². The van der Waals surface area contributed by atoms with Crippen molar-refractivity contribution in [2.45, 2.75) is 56.8 Å². The van der Waals surface area contributed by atoms with Crippen LogP contribution in [-0.4, -0.2) is 93.0 Å². The van der Waals surface area contributed by atoms with E-state index in [9.17, 15) is 23.9 Å². The second-order valence-electron chi connectivity index (χ2n) is 12.6. The van der Waals surface area contributed by atoms with Crippen molar-refractivity contribution in [1.82, 2.24) is 24.8 Å². The summed E-state index contributed by atoms with van der Waals surface area (Å²) in [5.41, 5.74) is 0.317. The number of rotatable bonds is 7. The number of alkyl halides is 1. The predicted molar refractivity (Wildman–Crippen MR) is 169 cm³/mol. The zero-order chi connectivity index (χ0) is 32.9. The highest BCUT2D eigenvalue weighted by Crippen LogP contribution is 2.41. The van der Waals surface area contributed by atoms with Crippen LogP contribution < -0.4 is 9.64 Å². The number of hydrogen-bond acceptors (Lipinski definition) is 8. The number of halogens is 3. The maximum Gasteiger partial charge on any atom is 0.407 e. The highest BCUT2D eigenvalue weighted by atomic mass is 19.1. The molecule has 1 N–H and O–H groups in total. The fraction of sp³-hybridized carbons (Fsp3) is 0.441. The van der Waals surface area contributed by atoms with Gasteiger partial charge in [0.2, 0.25) is 0 Å². The molecule has 244 valence electrons. The average Bonchev–Trinajstić information content (AvgIpc) is 3.59. The van der Waals surface area contributed by atoms with Crippen molar-refractivity contribution in [2.75, 3.05) is 44.2 Å². The SMILES string of the molecule is CCc1c(F)ccc2cccc(-c3ncc4c(N5CCN(C(=O)O)[C@@H](CC#N)C5)nc(OC[C@@]56CCCN5C[C@H](F)C6)nc4c3F)c12. The van der Waals surface area contributed by atoms with Crippen LogP contribution in [0.5, 0.6) is 6.01 Å². The Morgan fingerprint density at radius 1 is 1.17 bits per heavy atom. The third kappa shape index (κ3) is 5.34. The number of piperazine rings is 1. The van der Waals surface area contributed by atoms with Crippen LogP contribution in [0.4, 0.5) is 23.8 Å². The van der Waals surface area contributed by atoms with Crippen molar-refractivity contribution >= 4 is 33.6 Å². The normalized spacial score (nSPS) is 23.0. The monoisotopic (exact) mass is 645 g/mol. The molecule has 5 heterocycles. The Morgan fingerprint density at radius 2 is 2.02 bits per heavy atom. The van der Waals surface area contributed by atoms with Crippen molar-refractivity contribution in [3.8, 4) is 23.3 Å². The van der Waals surface area contributed by atoms with Crippen molar-refractivity contribution in [3.05, 3.63) is 53.7 Å². The Hall–Kier alpha value is -4.70. The number of nitrogens with zero attached hydrogens (tertiary/aromatic N) is 7. The summed E-state index contributed by atoms with van der Waals surface area (Å²) in [5, 5.41) is 20.7. The van der Waals surface area contributed by atoms with E-state index in [1.807, 2.05) is 13.0 Å². The Kier molecular flexibility index (Phi) is 8.00. The van der Waals surface area contributed by atoms with Gasteiger partial charge in [0.1, 0.15) is 35.6 Å². The van der Waals surface area contributed by atoms with Gasteiger partial charge in [-0.25, -0.2) is 18.0 Å². The number of carbonyl (C=O) groups is 1. The summed E-state index contributed by atoms with van der Waals surface area (Å²) in [4.78, 5) is 30.8. The van der Waals surface area contributed by atoms with E-state index in [0.717, 1.165) is 24.8 Å². The maximum atomic E-state index is 16.8. The highest BCUT2D eigenvalue weighted by molar-refractivity contribution is 6.00. The van der Waals surface area contributed by atoms with Crippen LogP contribution in [-0.2, 0) is 6.42 Å². The van der Waals surface area contributed by atoms with Gasteiger partial charge in [-0.15, -0.1) is 0 Å². The van der Waals surface area contributed by atoms with Gasteiger partial charge in [-0.3, -0.25) is 9.88 Å². The molecule has 2 aromatic heterocycles. The fourth-order valence-electron chi connectivity index (χ4n) is 7.71. The molecule has 7 rings (SSSR count). The van der Waals surface area contributed by atoms with Crippen LogP contribution in [0.1, 0.15) is 38.2 Å². The smallest absolute Gasteiger partial charge is 0.407 e. The lowest BCUT2D eigenvalue weighted by Gasteiger charge is -2.40. The number of nitriles is 1. The van der Waals surface area contributed by atoms with Crippen LogP contribution >= 0.6 is 0 Å². The summed E-state index contributed by atoms with van der Waals surface area (Å²) >= 11 is 0. The molecule has 0 unspecified atom stereocenters. The van der Waals surface area contributed by atoms with E-state index in [-0.39, 0.29) is 61.1 Å². The number of aromatic nitrogens is 3.